The predicted molar refractivity (Wildman–Crippen MR) is 160 cm³/mol. The molecular weight excluding hydrogens is 502 g/mol. The molecule has 2 aromatic carbocycles. The molecule has 0 N–H and O–H groups in total. The summed E-state index contributed by atoms with van der Waals surface area (Å²) in [5, 5.41) is 1.74. The van der Waals surface area contributed by atoms with Crippen LogP contribution >= 0.6 is 0 Å². The number of hydrogen-bond acceptors (Lipinski definition) is 6. The number of esters is 2. The van der Waals surface area contributed by atoms with E-state index in [1.165, 1.54) is 0 Å². The van der Waals surface area contributed by atoms with Gasteiger partial charge in [0.25, 0.3) is 0 Å². The van der Waals surface area contributed by atoms with E-state index in [1.54, 1.807) is 5.06 Å². The van der Waals surface area contributed by atoms with E-state index >= 15 is 0 Å². The first kappa shape index (κ1) is 33.5. The standard InChI is InChI=1S/C34H51NO5/c1-5-9-17-28(7-3)26-38-33(36)23-32(34(37)39-27-29(8-4)18-10-6-2)40-35(24-30-19-13-11-14-20-30)25-31-21-15-12-16-22-31/h11-16,19-22,28-29,32H,5-10,17-18,23-27H2,1-4H3. The molecule has 6 nitrogen and oxygen atoms in total. The quantitative estimate of drug-likeness (QED) is 0.116. The topological polar surface area (TPSA) is 65.1 Å². The second-order valence-electron chi connectivity index (χ2n) is 10.7. The van der Waals surface area contributed by atoms with E-state index < -0.39 is 18.0 Å². The fourth-order valence-electron chi connectivity index (χ4n) is 4.56. The number of hydrogen-bond donors (Lipinski definition) is 0. The molecule has 3 atom stereocenters. The van der Waals surface area contributed by atoms with Crippen LogP contribution < -0.4 is 0 Å². The van der Waals surface area contributed by atoms with Crippen molar-refractivity contribution in [3.63, 3.8) is 0 Å². The van der Waals surface area contributed by atoms with Gasteiger partial charge >= 0.3 is 11.9 Å². The Kier molecular flexibility index (Phi) is 16.9. The Balaban J connectivity index is 2.16. The maximum absolute atomic E-state index is 13.4. The van der Waals surface area contributed by atoms with Crippen LogP contribution in [-0.4, -0.2) is 36.3 Å². The van der Waals surface area contributed by atoms with Gasteiger partial charge in [0.15, 0.2) is 6.10 Å². The largest absolute Gasteiger partial charge is 0.465 e. The van der Waals surface area contributed by atoms with Crippen LogP contribution in [-0.2, 0) is 37.0 Å². The lowest BCUT2D eigenvalue weighted by molar-refractivity contribution is -0.226. The number of unbranched alkanes of at least 4 members (excludes halogenated alkanes) is 2. The zero-order chi connectivity index (χ0) is 29.0. The molecule has 2 rings (SSSR count). The van der Waals surface area contributed by atoms with Crippen molar-refractivity contribution in [1.29, 1.82) is 0 Å². The number of rotatable bonds is 21. The van der Waals surface area contributed by atoms with E-state index in [-0.39, 0.29) is 6.42 Å². The molecule has 0 saturated heterocycles. The number of nitrogens with zero attached hydrogens (tertiary/aromatic N) is 1. The van der Waals surface area contributed by atoms with Gasteiger partial charge in [0.05, 0.1) is 19.6 Å². The van der Waals surface area contributed by atoms with Crippen LogP contribution in [0.4, 0.5) is 0 Å². The first-order chi connectivity index (χ1) is 19.5. The Morgan fingerprint density at radius 2 is 1.18 bits per heavy atom. The number of carbonyl (C=O) groups is 2. The molecule has 0 aliphatic carbocycles. The molecule has 0 fully saturated rings. The minimum absolute atomic E-state index is 0.186. The summed E-state index contributed by atoms with van der Waals surface area (Å²) in [6.45, 7) is 10.2. The van der Waals surface area contributed by atoms with Gasteiger partial charge in [-0.3, -0.25) is 9.63 Å². The lowest BCUT2D eigenvalue weighted by atomic mass is 10.0. The normalized spacial score (nSPS) is 13.5. The molecule has 0 spiro atoms. The molecule has 0 aliphatic heterocycles. The lowest BCUT2D eigenvalue weighted by Gasteiger charge is -2.27. The van der Waals surface area contributed by atoms with Gasteiger partial charge in [-0.25, -0.2) is 4.79 Å². The maximum atomic E-state index is 13.4. The van der Waals surface area contributed by atoms with Gasteiger partial charge in [0, 0.05) is 13.1 Å². The van der Waals surface area contributed by atoms with Crippen LogP contribution in [0.3, 0.4) is 0 Å². The third-order valence-electron chi connectivity index (χ3n) is 7.32. The average Bonchev–Trinajstić information content (AvgIpc) is 2.98. The SMILES string of the molecule is CCCCC(CC)COC(=O)CC(ON(Cc1ccccc1)Cc1ccccc1)C(=O)OCC(CC)CCCC. The van der Waals surface area contributed by atoms with Gasteiger partial charge in [0.2, 0.25) is 0 Å². The van der Waals surface area contributed by atoms with Crippen LogP contribution in [0.15, 0.2) is 60.7 Å². The monoisotopic (exact) mass is 553 g/mol. The van der Waals surface area contributed by atoms with E-state index in [0.29, 0.717) is 38.1 Å². The van der Waals surface area contributed by atoms with E-state index in [2.05, 4.69) is 27.7 Å². The van der Waals surface area contributed by atoms with Crippen molar-refractivity contribution in [1.82, 2.24) is 5.06 Å². The number of carbonyl (C=O) groups excluding carboxylic acids is 2. The van der Waals surface area contributed by atoms with Crippen molar-refractivity contribution < 1.29 is 23.9 Å². The molecule has 0 heterocycles. The molecule has 3 unspecified atom stereocenters. The number of ether oxygens (including phenoxy) is 2. The van der Waals surface area contributed by atoms with Gasteiger partial charge < -0.3 is 9.47 Å². The average molecular weight is 554 g/mol. The highest BCUT2D eigenvalue weighted by Crippen LogP contribution is 2.18. The lowest BCUT2D eigenvalue weighted by Crippen LogP contribution is -2.38. The molecule has 0 aromatic heterocycles. The number of benzene rings is 2. The highest BCUT2D eigenvalue weighted by atomic mass is 16.7. The molecular formula is C34H51NO5. The zero-order valence-electron chi connectivity index (χ0n) is 25.2. The molecule has 40 heavy (non-hydrogen) atoms. The Bertz CT molecular complexity index is 894. The van der Waals surface area contributed by atoms with E-state index in [1.807, 2.05) is 60.7 Å². The summed E-state index contributed by atoms with van der Waals surface area (Å²) in [4.78, 5) is 32.6. The molecule has 0 aliphatic rings. The van der Waals surface area contributed by atoms with Crippen molar-refractivity contribution in [3.05, 3.63) is 71.8 Å². The summed E-state index contributed by atoms with van der Waals surface area (Å²) in [6.07, 6.45) is 7.08. The van der Waals surface area contributed by atoms with Crippen molar-refractivity contribution in [2.45, 2.75) is 105 Å². The summed E-state index contributed by atoms with van der Waals surface area (Å²) >= 11 is 0. The fourth-order valence-corrected chi connectivity index (χ4v) is 4.56. The Labute approximate surface area is 242 Å². The van der Waals surface area contributed by atoms with Crippen molar-refractivity contribution >= 4 is 11.9 Å². The van der Waals surface area contributed by atoms with Gasteiger partial charge in [-0.1, -0.05) is 127 Å². The molecule has 0 bridgehead atoms. The van der Waals surface area contributed by atoms with Crippen molar-refractivity contribution in [2.75, 3.05) is 13.2 Å². The van der Waals surface area contributed by atoms with E-state index in [4.69, 9.17) is 14.3 Å². The van der Waals surface area contributed by atoms with Gasteiger partial charge in [0.1, 0.15) is 0 Å². The van der Waals surface area contributed by atoms with Crippen LogP contribution in [0.25, 0.3) is 0 Å². The summed E-state index contributed by atoms with van der Waals surface area (Å²) in [7, 11) is 0. The first-order valence-electron chi connectivity index (χ1n) is 15.3. The van der Waals surface area contributed by atoms with Crippen LogP contribution in [0.5, 0.6) is 0 Å². The van der Waals surface area contributed by atoms with Crippen molar-refractivity contribution in [3.8, 4) is 0 Å². The summed E-state index contributed by atoms with van der Waals surface area (Å²) < 4.78 is 11.4. The third-order valence-corrected chi connectivity index (χ3v) is 7.32. The minimum Gasteiger partial charge on any atom is -0.465 e. The smallest absolute Gasteiger partial charge is 0.338 e. The second-order valence-corrected chi connectivity index (χ2v) is 10.7. The highest BCUT2D eigenvalue weighted by molar-refractivity contribution is 5.81. The number of hydroxylamine groups is 2. The van der Waals surface area contributed by atoms with E-state index in [0.717, 1.165) is 62.5 Å². The Hall–Kier alpha value is -2.70. The molecule has 0 radical (unpaired) electrons. The van der Waals surface area contributed by atoms with E-state index in [9.17, 15) is 9.59 Å². The first-order valence-corrected chi connectivity index (χ1v) is 15.3. The van der Waals surface area contributed by atoms with Crippen LogP contribution in [0.1, 0.15) is 96.6 Å². The summed E-state index contributed by atoms with van der Waals surface area (Å²) in [5.41, 5.74) is 2.08. The molecule has 0 saturated carbocycles. The molecule has 222 valence electrons. The van der Waals surface area contributed by atoms with Gasteiger partial charge in [-0.15, -0.1) is 0 Å². The minimum atomic E-state index is -1.08. The Morgan fingerprint density at radius 1 is 0.700 bits per heavy atom. The predicted octanol–water partition coefficient (Wildman–Crippen LogP) is 7.90. The second kappa shape index (κ2) is 20.2. The highest BCUT2D eigenvalue weighted by Gasteiger charge is 2.29. The van der Waals surface area contributed by atoms with Gasteiger partial charge in [-0.05, 0) is 35.8 Å². The fraction of sp³-hybridized carbons (Fsp3) is 0.588. The van der Waals surface area contributed by atoms with Crippen molar-refractivity contribution in [2.24, 2.45) is 11.8 Å². The zero-order valence-corrected chi connectivity index (χ0v) is 25.2. The van der Waals surface area contributed by atoms with Crippen LogP contribution in [0.2, 0.25) is 0 Å². The van der Waals surface area contributed by atoms with Crippen LogP contribution in [0, 0.1) is 11.8 Å². The Morgan fingerprint density at radius 3 is 1.62 bits per heavy atom. The summed E-state index contributed by atoms with van der Waals surface area (Å²) in [6, 6.07) is 19.9. The third kappa shape index (κ3) is 13.6. The molecule has 6 heteroatoms. The summed E-state index contributed by atoms with van der Waals surface area (Å²) in [5.74, 6) is -0.331. The maximum Gasteiger partial charge on any atom is 0.338 e. The molecule has 0 amide bonds. The van der Waals surface area contributed by atoms with Gasteiger partial charge in [-0.2, -0.15) is 5.06 Å². The molecule has 2 aromatic rings.